The van der Waals surface area contributed by atoms with Gasteiger partial charge in [0.2, 0.25) is 5.96 Å². The third-order valence-corrected chi connectivity index (χ3v) is 4.87. The lowest BCUT2D eigenvalue weighted by molar-refractivity contribution is 0.0977. The van der Waals surface area contributed by atoms with E-state index in [1.165, 1.54) is 11.3 Å². The Balaban J connectivity index is 1.69. The number of guanidine groups is 1. The molecule has 0 aliphatic carbocycles. The number of fused-ring (bicyclic) bond motifs is 3. The van der Waals surface area contributed by atoms with Gasteiger partial charge < -0.3 is 0 Å². The number of aliphatic imine (C=N–C) groups is 2. The van der Waals surface area contributed by atoms with E-state index in [0.717, 1.165) is 34.3 Å². The first kappa shape index (κ1) is 14.1. The Hall–Kier alpha value is -2.54. The van der Waals surface area contributed by atoms with Crippen molar-refractivity contribution in [3.63, 3.8) is 0 Å². The lowest BCUT2D eigenvalue weighted by atomic mass is 10.1. The molecule has 0 saturated carbocycles. The van der Waals surface area contributed by atoms with E-state index in [2.05, 4.69) is 20.3 Å². The van der Waals surface area contributed by atoms with Gasteiger partial charge in [0.15, 0.2) is 0 Å². The number of aryl methyl sites for hydroxylation is 2. The normalized spacial score (nSPS) is 15.7. The zero-order valence-corrected chi connectivity index (χ0v) is 13.6. The van der Waals surface area contributed by atoms with Gasteiger partial charge in [0, 0.05) is 12.1 Å². The predicted molar refractivity (Wildman–Crippen MR) is 90.7 cm³/mol. The van der Waals surface area contributed by atoms with Crippen LogP contribution in [-0.2, 0) is 0 Å². The third kappa shape index (κ3) is 2.33. The van der Waals surface area contributed by atoms with Gasteiger partial charge in [0.05, 0.1) is 22.9 Å². The maximum absolute atomic E-state index is 12.6. The predicted octanol–water partition coefficient (Wildman–Crippen LogP) is 2.25. The van der Waals surface area contributed by atoms with E-state index in [1.54, 1.807) is 0 Å². The quantitative estimate of drug-likeness (QED) is 0.874. The summed E-state index contributed by atoms with van der Waals surface area (Å²) in [5, 5.41) is 3.81. The Morgan fingerprint density at radius 1 is 1.30 bits per heavy atom. The van der Waals surface area contributed by atoms with Crippen LogP contribution in [0.15, 0.2) is 34.3 Å². The summed E-state index contributed by atoms with van der Waals surface area (Å²) in [5.41, 5.74) is 2.59. The molecule has 2 aromatic rings. The van der Waals surface area contributed by atoms with Gasteiger partial charge in [-0.3, -0.25) is 20.0 Å². The molecule has 1 amide bonds. The molecule has 6 nitrogen and oxygen atoms in total. The first-order chi connectivity index (χ1) is 11.1. The van der Waals surface area contributed by atoms with Gasteiger partial charge in [-0.2, -0.15) is 0 Å². The second-order valence-electron chi connectivity index (χ2n) is 5.41. The summed E-state index contributed by atoms with van der Waals surface area (Å²) >= 11 is 1.39. The number of amides is 1. The molecule has 7 heteroatoms. The summed E-state index contributed by atoms with van der Waals surface area (Å²) in [6.07, 6.45) is 0. The lowest BCUT2D eigenvalue weighted by Gasteiger charge is -2.27. The molecule has 0 spiro atoms. The number of aromatic nitrogens is 1. The van der Waals surface area contributed by atoms with Gasteiger partial charge in [-0.05, 0) is 26.0 Å². The monoisotopic (exact) mass is 325 g/mol. The second kappa shape index (κ2) is 5.27. The highest BCUT2D eigenvalue weighted by Crippen LogP contribution is 2.28. The highest BCUT2D eigenvalue weighted by atomic mass is 32.1. The van der Waals surface area contributed by atoms with Crippen LogP contribution in [0.5, 0.6) is 0 Å². The van der Waals surface area contributed by atoms with Crippen molar-refractivity contribution in [2.24, 2.45) is 9.98 Å². The molecular formula is C16H15N5OS. The summed E-state index contributed by atoms with van der Waals surface area (Å²) in [6.45, 7) is 5.17. The molecule has 2 aliphatic heterocycles. The number of rotatable bonds is 1. The summed E-state index contributed by atoms with van der Waals surface area (Å²) in [6, 6.07) is 7.84. The topological polar surface area (TPSA) is 70.0 Å². The zero-order chi connectivity index (χ0) is 16.0. The fraction of sp³-hybridized carbons (Fsp3) is 0.250. The zero-order valence-electron chi connectivity index (χ0n) is 12.8. The van der Waals surface area contributed by atoms with E-state index in [9.17, 15) is 4.79 Å². The van der Waals surface area contributed by atoms with Crippen molar-refractivity contribution in [1.29, 1.82) is 0 Å². The number of thiazole rings is 1. The average molecular weight is 325 g/mol. The average Bonchev–Trinajstić information content (AvgIpc) is 3.14. The number of amidine groups is 1. The number of hydrogen-bond donors (Lipinski definition) is 1. The fourth-order valence-electron chi connectivity index (χ4n) is 2.81. The summed E-state index contributed by atoms with van der Waals surface area (Å²) in [7, 11) is 0. The molecule has 0 radical (unpaired) electrons. The largest absolute Gasteiger partial charge is 0.294 e. The van der Waals surface area contributed by atoms with Crippen molar-refractivity contribution in [1.82, 2.24) is 15.2 Å². The number of carbonyl (C=O) groups is 1. The Morgan fingerprint density at radius 2 is 2.13 bits per heavy atom. The van der Waals surface area contributed by atoms with Crippen LogP contribution in [-0.4, -0.2) is 40.7 Å². The van der Waals surface area contributed by atoms with Gasteiger partial charge in [0.25, 0.3) is 5.91 Å². The third-order valence-electron chi connectivity index (χ3n) is 3.80. The summed E-state index contributed by atoms with van der Waals surface area (Å²) in [5.74, 6) is 1.25. The van der Waals surface area contributed by atoms with Crippen LogP contribution in [0.2, 0.25) is 0 Å². The SMILES string of the molecule is Cc1nc(C)c(C(=O)NC2=Nc3ccccc3C3=NCCN23)s1. The Kier molecular flexibility index (Phi) is 3.23. The molecule has 2 aliphatic rings. The van der Waals surface area contributed by atoms with Crippen LogP contribution in [0.1, 0.15) is 25.9 Å². The second-order valence-corrected chi connectivity index (χ2v) is 6.61. The molecule has 0 atom stereocenters. The van der Waals surface area contributed by atoms with Crippen molar-refractivity contribution >= 4 is 34.7 Å². The number of para-hydroxylation sites is 1. The van der Waals surface area contributed by atoms with Crippen LogP contribution in [0.25, 0.3) is 0 Å². The van der Waals surface area contributed by atoms with Gasteiger partial charge in [-0.15, -0.1) is 11.3 Å². The highest BCUT2D eigenvalue weighted by molar-refractivity contribution is 7.13. The minimum Gasteiger partial charge on any atom is -0.294 e. The van der Waals surface area contributed by atoms with Gasteiger partial charge in [0.1, 0.15) is 10.7 Å². The molecule has 0 bridgehead atoms. The molecule has 1 aromatic heterocycles. The molecule has 0 saturated heterocycles. The summed E-state index contributed by atoms with van der Waals surface area (Å²) < 4.78 is 0. The van der Waals surface area contributed by atoms with E-state index in [0.29, 0.717) is 17.4 Å². The molecule has 116 valence electrons. The van der Waals surface area contributed by atoms with E-state index >= 15 is 0 Å². The standard InChI is InChI=1S/C16H15N5OS/c1-9-13(23-10(2)18-9)15(22)20-16-19-12-6-4-3-5-11(12)14-17-7-8-21(14)16/h3-6H,7-8H2,1-2H3,(H,19,20,22). The molecule has 0 fully saturated rings. The minimum absolute atomic E-state index is 0.169. The van der Waals surface area contributed by atoms with Crippen molar-refractivity contribution in [2.45, 2.75) is 13.8 Å². The van der Waals surface area contributed by atoms with E-state index in [4.69, 9.17) is 0 Å². The molecule has 1 aromatic carbocycles. The lowest BCUT2D eigenvalue weighted by Crippen LogP contribution is -2.47. The minimum atomic E-state index is -0.169. The molecule has 3 heterocycles. The number of benzene rings is 1. The number of hydrogen-bond acceptors (Lipinski definition) is 6. The first-order valence-corrected chi connectivity index (χ1v) is 8.20. The number of carbonyl (C=O) groups excluding carboxylic acids is 1. The van der Waals surface area contributed by atoms with Crippen molar-refractivity contribution in [3.8, 4) is 0 Å². The number of nitrogens with one attached hydrogen (secondary N) is 1. The van der Waals surface area contributed by atoms with Gasteiger partial charge in [-0.25, -0.2) is 9.98 Å². The number of nitrogens with zero attached hydrogens (tertiary/aromatic N) is 4. The molecule has 0 unspecified atom stereocenters. The maximum atomic E-state index is 12.6. The van der Waals surface area contributed by atoms with Crippen molar-refractivity contribution in [3.05, 3.63) is 45.4 Å². The Bertz CT molecular complexity index is 867. The molecule has 1 N–H and O–H groups in total. The smallest absolute Gasteiger partial charge is 0.269 e. The van der Waals surface area contributed by atoms with Crippen LogP contribution in [0, 0.1) is 13.8 Å². The highest BCUT2D eigenvalue weighted by Gasteiger charge is 2.30. The Morgan fingerprint density at radius 3 is 2.91 bits per heavy atom. The first-order valence-electron chi connectivity index (χ1n) is 7.39. The molecule has 4 rings (SSSR count). The maximum Gasteiger partial charge on any atom is 0.269 e. The van der Waals surface area contributed by atoms with Gasteiger partial charge in [-0.1, -0.05) is 12.1 Å². The van der Waals surface area contributed by atoms with Crippen molar-refractivity contribution < 1.29 is 4.79 Å². The van der Waals surface area contributed by atoms with E-state index in [-0.39, 0.29) is 5.91 Å². The summed E-state index contributed by atoms with van der Waals surface area (Å²) in [4.78, 5) is 28.6. The van der Waals surface area contributed by atoms with Crippen LogP contribution in [0.3, 0.4) is 0 Å². The van der Waals surface area contributed by atoms with E-state index < -0.39 is 0 Å². The van der Waals surface area contributed by atoms with E-state index in [1.807, 2.05) is 43.0 Å². The van der Waals surface area contributed by atoms with Crippen LogP contribution < -0.4 is 5.32 Å². The Labute approximate surface area is 137 Å². The van der Waals surface area contributed by atoms with Crippen LogP contribution >= 0.6 is 11.3 Å². The van der Waals surface area contributed by atoms with Crippen LogP contribution in [0.4, 0.5) is 5.69 Å². The molecule has 23 heavy (non-hydrogen) atoms. The van der Waals surface area contributed by atoms with Gasteiger partial charge >= 0.3 is 0 Å². The van der Waals surface area contributed by atoms with Crippen molar-refractivity contribution in [2.75, 3.05) is 13.1 Å². The fourth-order valence-corrected chi connectivity index (χ4v) is 3.63. The molecular weight excluding hydrogens is 310 g/mol.